The van der Waals surface area contributed by atoms with Gasteiger partial charge in [0.05, 0.1) is 35.8 Å². The number of aromatic nitrogens is 5. The molecule has 0 atom stereocenters. The minimum Gasteiger partial charge on any atom is -0.466 e. The molecule has 38 heavy (non-hydrogen) atoms. The second kappa shape index (κ2) is 11.2. The molecule has 0 amide bonds. The number of alkyl halides is 2. The van der Waals surface area contributed by atoms with E-state index in [4.69, 9.17) is 9.47 Å². The standard InChI is InChI=1S/C28H29F2N5O3/c1-3-37-27(36)19-10-8-18(9-11-19)26-32-13-21(14-33-26)22-16-35-23(17(2)34-25(35)15-31-22)12-20-6-4-5-7-24(20)38-28(29)30/h4-7,13-16,18-19,28H,3,8-12H2,1-2H3. The summed E-state index contributed by atoms with van der Waals surface area (Å²) in [4.78, 5) is 30.4. The third-order valence-electron chi connectivity index (χ3n) is 7.03. The number of hydrogen-bond donors (Lipinski definition) is 0. The van der Waals surface area contributed by atoms with Crippen molar-refractivity contribution >= 4 is 11.6 Å². The normalized spacial score (nSPS) is 17.6. The number of esters is 1. The van der Waals surface area contributed by atoms with Crippen molar-refractivity contribution in [2.75, 3.05) is 6.61 Å². The van der Waals surface area contributed by atoms with Crippen molar-refractivity contribution in [2.45, 2.75) is 58.5 Å². The fourth-order valence-electron chi connectivity index (χ4n) is 5.05. The minimum absolute atomic E-state index is 0.0388. The number of hydrogen-bond acceptors (Lipinski definition) is 7. The van der Waals surface area contributed by atoms with Gasteiger partial charge in [0, 0.05) is 42.1 Å². The molecule has 1 aromatic carbocycles. The first-order valence-electron chi connectivity index (χ1n) is 12.8. The fourth-order valence-corrected chi connectivity index (χ4v) is 5.05. The number of aryl methyl sites for hydroxylation is 1. The van der Waals surface area contributed by atoms with Crippen LogP contribution in [0.15, 0.2) is 49.1 Å². The maximum Gasteiger partial charge on any atom is 0.387 e. The van der Waals surface area contributed by atoms with Crippen LogP contribution in [0.1, 0.15) is 61.3 Å². The number of imidazole rings is 1. The Morgan fingerprint density at radius 1 is 1.08 bits per heavy atom. The first-order chi connectivity index (χ1) is 18.4. The SMILES string of the molecule is CCOC(=O)C1CCC(c2ncc(-c3cn4c(Cc5ccccc5OC(F)F)c(C)nc4cn3)cn2)CC1. The van der Waals surface area contributed by atoms with Gasteiger partial charge in [-0.1, -0.05) is 18.2 Å². The minimum atomic E-state index is -2.90. The van der Waals surface area contributed by atoms with Crippen LogP contribution < -0.4 is 4.74 Å². The van der Waals surface area contributed by atoms with Crippen molar-refractivity contribution in [3.05, 3.63) is 71.8 Å². The van der Waals surface area contributed by atoms with E-state index in [2.05, 4.69) is 19.9 Å². The smallest absolute Gasteiger partial charge is 0.387 e. The molecule has 198 valence electrons. The van der Waals surface area contributed by atoms with Crippen LogP contribution in [-0.4, -0.2) is 43.5 Å². The van der Waals surface area contributed by atoms with Crippen LogP contribution >= 0.6 is 0 Å². The van der Waals surface area contributed by atoms with Gasteiger partial charge in [-0.3, -0.25) is 14.2 Å². The molecule has 0 aliphatic heterocycles. The molecule has 0 bridgehead atoms. The highest BCUT2D eigenvalue weighted by atomic mass is 19.3. The van der Waals surface area contributed by atoms with Crippen LogP contribution in [0.3, 0.4) is 0 Å². The summed E-state index contributed by atoms with van der Waals surface area (Å²) < 4.78 is 37.6. The van der Waals surface area contributed by atoms with Crippen molar-refractivity contribution in [3.63, 3.8) is 0 Å². The highest BCUT2D eigenvalue weighted by molar-refractivity contribution is 5.72. The summed E-state index contributed by atoms with van der Waals surface area (Å²) >= 11 is 0. The Labute approximate surface area is 219 Å². The Balaban J connectivity index is 1.35. The van der Waals surface area contributed by atoms with Gasteiger partial charge in [0.1, 0.15) is 11.6 Å². The largest absolute Gasteiger partial charge is 0.466 e. The zero-order valence-corrected chi connectivity index (χ0v) is 21.3. The lowest BCUT2D eigenvalue weighted by Crippen LogP contribution is -2.23. The average molecular weight is 522 g/mol. The maximum atomic E-state index is 12.9. The topological polar surface area (TPSA) is 91.5 Å². The number of carbonyl (C=O) groups is 1. The van der Waals surface area contributed by atoms with Gasteiger partial charge in [0.25, 0.3) is 0 Å². The fraction of sp³-hybridized carbons (Fsp3) is 0.393. The lowest BCUT2D eigenvalue weighted by molar-refractivity contribution is -0.149. The first kappa shape index (κ1) is 25.7. The number of rotatable bonds is 8. The molecule has 0 N–H and O–H groups in total. The quantitative estimate of drug-likeness (QED) is 0.282. The molecule has 8 nitrogen and oxygen atoms in total. The van der Waals surface area contributed by atoms with Crippen LogP contribution in [0.5, 0.6) is 5.75 Å². The van der Waals surface area contributed by atoms with Crippen molar-refractivity contribution in [1.29, 1.82) is 0 Å². The molecule has 5 rings (SSSR count). The van der Waals surface area contributed by atoms with E-state index in [1.165, 1.54) is 6.07 Å². The molecule has 10 heteroatoms. The lowest BCUT2D eigenvalue weighted by Gasteiger charge is -2.26. The monoisotopic (exact) mass is 521 g/mol. The molecule has 1 aliphatic rings. The van der Waals surface area contributed by atoms with Crippen molar-refractivity contribution in [3.8, 4) is 17.0 Å². The van der Waals surface area contributed by atoms with Gasteiger partial charge >= 0.3 is 12.6 Å². The van der Waals surface area contributed by atoms with Gasteiger partial charge in [-0.25, -0.2) is 15.0 Å². The maximum absolute atomic E-state index is 12.9. The highest BCUT2D eigenvalue weighted by Crippen LogP contribution is 2.35. The van der Waals surface area contributed by atoms with E-state index in [-0.39, 0.29) is 23.6 Å². The van der Waals surface area contributed by atoms with Gasteiger partial charge in [-0.2, -0.15) is 8.78 Å². The molecular weight excluding hydrogens is 492 g/mol. The van der Waals surface area contributed by atoms with E-state index >= 15 is 0 Å². The van der Waals surface area contributed by atoms with Crippen LogP contribution in [0, 0.1) is 12.8 Å². The Hall–Kier alpha value is -3.95. The Morgan fingerprint density at radius 3 is 2.53 bits per heavy atom. The second-order valence-corrected chi connectivity index (χ2v) is 9.44. The molecular formula is C28H29F2N5O3. The van der Waals surface area contributed by atoms with E-state index in [1.807, 2.05) is 24.4 Å². The number of benzene rings is 1. The number of nitrogens with zero attached hydrogens (tertiary/aromatic N) is 5. The molecule has 0 radical (unpaired) electrons. The number of ether oxygens (including phenoxy) is 2. The van der Waals surface area contributed by atoms with Gasteiger partial charge in [0.2, 0.25) is 0 Å². The second-order valence-electron chi connectivity index (χ2n) is 9.44. The zero-order chi connectivity index (χ0) is 26.6. The summed E-state index contributed by atoms with van der Waals surface area (Å²) in [5.41, 5.74) is 4.36. The van der Waals surface area contributed by atoms with E-state index in [0.29, 0.717) is 29.9 Å². The van der Waals surface area contributed by atoms with Crippen LogP contribution in [0.25, 0.3) is 16.9 Å². The summed E-state index contributed by atoms with van der Waals surface area (Å²) in [7, 11) is 0. The summed E-state index contributed by atoms with van der Waals surface area (Å²) in [6, 6.07) is 6.77. The van der Waals surface area contributed by atoms with E-state index in [9.17, 15) is 13.6 Å². The zero-order valence-electron chi connectivity index (χ0n) is 21.3. The number of fused-ring (bicyclic) bond motifs is 1. The summed E-state index contributed by atoms with van der Waals surface area (Å²) in [5.74, 6) is 0.980. The van der Waals surface area contributed by atoms with Gasteiger partial charge in [0.15, 0.2) is 5.65 Å². The molecule has 1 aliphatic carbocycles. The molecule has 1 fully saturated rings. The Kier molecular flexibility index (Phi) is 7.57. The number of carbonyl (C=O) groups excluding carboxylic acids is 1. The summed E-state index contributed by atoms with van der Waals surface area (Å²) in [6.45, 7) is 1.22. The Bertz CT molecular complexity index is 1420. The Morgan fingerprint density at radius 2 is 1.82 bits per heavy atom. The van der Waals surface area contributed by atoms with E-state index in [1.54, 1.807) is 36.8 Å². The molecule has 0 spiro atoms. The number of halogens is 2. The number of para-hydroxylation sites is 1. The highest BCUT2D eigenvalue weighted by Gasteiger charge is 2.29. The van der Waals surface area contributed by atoms with Crippen LogP contribution in [-0.2, 0) is 16.0 Å². The van der Waals surface area contributed by atoms with Crippen molar-refractivity contribution in [2.24, 2.45) is 5.92 Å². The van der Waals surface area contributed by atoms with E-state index in [0.717, 1.165) is 48.5 Å². The molecule has 0 saturated heterocycles. The summed E-state index contributed by atoms with van der Waals surface area (Å²) in [5, 5.41) is 0. The molecule has 1 saturated carbocycles. The predicted octanol–water partition coefficient (Wildman–Crippen LogP) is 5.52. The predicted molar refractivity (Wildman–Crippen MR) is 136 cm³/mol. The van der Waals surface area contributed by atoms with Gasteiger partial charge in [-0.05, 0) is 45.6 Å². The molecule has 3 heterocycles. The third-order valence-corrected chi connectivity index (χ3v) is 7.03. The first-order valence-corrected chi connectivity index (χ1v) is 12.8. The average Bonchev–Trinajstić information content (AvgIpc) is 3.24. The van der Waals surface area contributed by atoms with Crippen LogP contribution in [0.4, 0.5) is 8.78 Å². The third kappa shape index (κ3) is 5.49. The summed E-state index contributed by atoms with van der Waals surface area (Å²) in [6.07, 6.45) is 10.7. The lowest BCUT2D eigenvalue weighted by atomic mass is 9.81. The molecule has 0 unspecified atom stereocenters. The van der Waals surface area contributed by atoms with Crippen molar-refractivity contribution in [1.82, 2.24) is 24.3 Å². The van der Waals surface area contributed by atoms with E-state index < -0.39 is 6.61 Å². The molecule has 4 aromatic rings. The van der Waals surface area contributed by atoms with Gasteiger partial charge in [-0.15, -0.1) is 0 Å². The molecule has 3 aromatic heterocycles. The van der Waals surface area contributed by atoms with Crippen LogP contribution in [0.2, 0.25) is 0 Å². The van der Waals surface area contributed by atoms with Crippen molar-refractivity contribution < 1.29 is 23.0 Å². The van der Waals surface area contributed by atoms with Gasteiger partial charge < -0.3 is 9.47 Å².